The van der Waals surface area contributed by atoms with E-state index in [1.807, 2.05) is 6.07 Å². The number of carbonyl (C=O) groups is 1. The molecule has 1 atom stereocenters. The van der Waals surface area contributed by atoms with Gasteiger partial charge in [0.05, 0.1) is 7.11 Å². The summed E-state index contributed by atoms with van der Waals surface area (Å²) in [7, 11) is 1.57. The molecule has 0 fully saturated rings. The Labute approximate surface area is 108 Å². The highest BCUT2D eigenvalue weighted by Gasteiger charge is 2.08. The fourth-order valence-electron chi connectivity index (χ4n) is 1.62. The third kappa shape index (κ3) is 5.14. The minimum absolute atomic E-state index is 0.0215. The minimum atomic E-state index is -0.0519. The van der Waals surface area contributed by atoms with Crippen LogP contribution in [0.4, 0.5) is 0 Å². The van der Waals surface area contributed by atoms with Crippen molar-refractivity contribution in [1.29, 1.82) is 0 Å². The highest BCUT2D eigenvalue weighted by molar-refractivity contribution is 5.76. The molecule has 1 rings (SSSR count). The van der Waals surface area contributed by atoms with E-state index in [4.69, 9.17) is 10.5 Å². The summed E-state index contributed by atoms with van der Waals surface area (Å²) in [6, 6.07) is 3.59. The van der Waals surface area contributed by atoms with Gasteiger partial charge in [0, 0.05) is 31.3 Å². The molecule has 1 heterocycles. The molecule has 0 aromatic carbocycles. The summed E-state index contributed by atoms with van der Waals surface area (Å²) >= 11 is 0. The van der Waals surface area contributed by atoms with E-state index in [1.165, 1.54) is 0 Å². The van der Waals surface area contributed by atoms with Crippen LogP contribution >= 0.6 is 0 Å². The maximum absolute atomic E-state index is 11.6. The average Bonchev–Trinajstić information content (AvgIpc) is 2.37. The predicted octanol–water partition coefficient (Wildman–Crippen LogP) is 1.22. The number of methoxy groups -OCH3 is 1. The van der Waals surface area contributed by atoms with Crippen LogP contribution < -0.4 is 15.8 Å². The number of nitrogens with one attached hydrogen (secondary N) is 1. The highest BCUT2D eigenvalue weighted by atomic mass is 16.5. The second kappa shape index (κ2) is 7.66. The zero-order chi connectivity index (χ0) is 13.4. The predicted molar refractivity (Wildman–Crippen MR) is 70.1 cm³/mol. The molecule has 0 spiro atoms. The second-order valence-electron chi connectivity index (χ2n) is 4.24. The van der Waals surface area contributed by atoms with Crippen LogP contribution in [0.3, 0.4) is 0 Å². The highest BCUT2D eigenvalue weighted by Crippen LogP contribution is 2.06. The average molecular weight is 251 g/mol. The van der Waals surface area contributed by atoms with Crippen LogP contribution in [0.2, 0.25) is 0 Å². The summed E-state index contributed by atoms with van der Waals surface area (Å²) in [5.74, 6) is 0.543. The van der Waals surface area contributed by atoms with Gasteiger partial charge in [-0.05, 0) is 12.0 Å². The lowest BCUT2D eigenvalue weighted by molar-refractivity contribution is -0.121. The number of hydrogen-bond acceptors (Lipinski definition) is 4. The maximum Gasteiger partial charge on any atom is 0.221 e. The molecule has 100 valence electrons. The van der Waals surface area contributed by atoms with Crippen molar-refractivity contribution in [2.75, 3.05) is 7.11 Å². The Balaban J connectivity index is 2.33. The number of hydrogen-bond donors (Lipinski definition) is 2. The molecule has 1 aromatic rings. The lowest BCUT2D eigenvalue weighted by atomic mass is 10.1. The first-order valence-electron chi connectivity index (χ1n) is 6.17. The van der Waals surface area contributed by atoms with Crippen LogP contribution in [-0.2, 0) is 11.3 Å². The standard InChI is InChI=1S/C13H21N3O2/c1-3-4-11(14)7-12(17)15-8-10-5-6-13(18-2)16-9-10/h5-6,9,11H,3-4,7-8,14H2,1-2H3,(H,15,17). The first kappa shape index (κ1) is 14.4. The molecule has 1 amide bonds. The van der Waals surface area contributed by atoms with Crippen molar-refractivity contribution in [3.8, 4) is 5.88 Å². The molecule has 1 aromatic heterocycles. The number of aromatic nitrogens is 1. The van der Waals surface area contributed by atoms with Gasteiger partial charge in [0.15, 0.2) is 0 Å². The van der Waals surface area contributed by atoms with Crippen molar-refractivity contribution < 1.29 is 9.53 Å². The van der Waals surface area contributed by atoms with E-state index in [9.17, 15) is 4.79 Å². The Bertz CT molecular complexity index is 365. The zero-order valence-corrected chi connectivity index (χ0v) is 11.0. The van der Waals surface area contributed by atoms with Gasteiger partial charge in [-0.3, -0.25) is 4.79 Å². The zero-order valence-electron chi connectivity index (χ0n) is 11.0. The van der Waals surface area contributed by atoms with Crippen LogP contribution in [-0.4, -0.2) is 24.0 Å². The topological polar surface area (TPSA) is 77.2 Å². The monoisotopic (exact) mass is 251 g/mol. The van der Waals surface area contributed by atoms with E-state index < -0.39 is 0 Å². The molecule has 0 saturated carbocycles. The summed E-state index contributed by atoms with van der Waals surface area (Å²) < 4.78 is 4.96. The van der Waals surface area contributed by atoms with E-state index >= 15 is 0 Å². The molecular formula is C13H21N3O2. The van der Waals surface area contributed by atoms with Gasteiger partial charge in [-0.15, -0.1) is 0 Å². The van der Waals surface area contributed by atoms with Gasteiger partial charge in [0.2, 0.25) is 11.8 Å². The molecule has 0 saturated heterocycles. The summed E-state index contributed by atoms with van der Waals surface area (Å²) in [4.78, 5) is 15.7. The molecule has 5 heteroatoms. The van der Waals surface area contributed by atoms with E-state index in [0.29, 0.717) is 18.8 Å². The molecule has 0 aliphatic rings. The van der Waals surface area contributed by atoms with Gasteiger partial charge in [0.1, 0.15) is 0 Å². The SMILES string of the molecule is CCCC(N)CC(=O)NCc1ccc(OC)nc1. The Morgan fingerprint density at radius 2 is 2.33 bits per heavy atom. The summed E-state index contributed by atoms with van der Waals surface area (Å²) in [5.41, 5.74) is 6.74. The fraction of sp³-hybridized carbons (Fsp3) is 0.538. The van der Waals surface area contributed by atoms with E-state index in [-0.39, 0.29) is 11.9 Å². The summed E-state index contributed by atoms with van der Waals surface area (Å²) in [5, 5.41) is 2.83. The van der Waals surface area contributed by atoms with Crippen LogP contribution in [0.1, 0.15) is 31.7 Å². The Kier molecular flexibility index (Phi) is 6.14. The minimum Gasteiger partial charge on any atom is -0.481 e. The normalized spacial score (nSPS) is 11.9. The smallest absolute Gasteiger partial charge is 0.221 e. The fourth-order valence-corrected chi connectivity index (χ4v) is 1.62. The first-order chi connectivity index (χ1) is 8.65. The van der Waals surface area contributed by atoms with Crippen molar-refractivity contribution >= 4 is 5.91 Å². The number of carbonyl (C=O) groups excluding carboxylic acids is 1. The molecule has 0 bridgehead atoms. The largest absolute Gasteiger partial charge is 0.481 e. The third-order valence-electron chi connectivity index (χ3n) is 2.60. The van der Waals surface area contributed by atoms with Crippen molar-refractivity contribution in [2.24, 2.45) is 5.73 Å². The molecule has 3 N–H and O–H groups in total. The maximum atomic E-state index is 11.6. The van der Waals surface area contributed by atoms with Crippen molar-refractivity contribution in [1.82, 2.24) is 10.3 Å². The van der Waals surface area contributed by atoms with Crippen molar-refractivity contribution in [2.45, 2.75) is 38.8 Å². The molecule has 5 nitrogen and oxygen atoms in total. The van der Waals surface area contributed by atoms with Crippen molar-refractivity contribution in [3.05, 3.63) is 23.9 Å². The van der Waals surface area contributed by atoms with Crippen LogP contribution in [0, 0.1) is 0 Å². The molecular weight excluding hydrogens is 230 g/mol. The van der Waals surface area contributed by atoms with Gasteiger partial charge < -0.3 is 15.8 Å². The lowest BCUT2D eigenvalue weighted by Crippen LogP contribution is -2.31. The number of nitrogens with two attached hydrogens (primary N) is 1. The molecule has 0 radical (unpaired) electrons. The Hall–Kier alpha value is -1.62. The Morgan fingerprint density at radius 1 is 1.56 bits per heavy atom. The second-order valence-corrected chi connectivity index (χ2v) is 4.24. The van der Waals surface area contributed by atoms with Gasteiger partial charge in [-0.25, -0.2) is 4.98 Å². The van der Waals surface area contributed by atoms with E-state index in [2.05, 4.69) is 17.2 Å². The first-order valence-corrected chi connectivity index (χ1v) is 6.17. The van der Waals surface area contributed by atoms with Crippen molar-refractivity contribution in [3.63, 3.8) is 0 Å². The van der Waals surface area contributed by atoms with Gasteiger partial charge >= 0.3 is 0 Å². The molecule has 1 unspecified atom stereocenters. The van der Waals surface area contributed by atoms with Crippen LogP contribution in [0.15, 0.2) is 18.3 Å². The third-order valence-corrected chi connectivity index (χ3v) is 2.60. The van der Waals surface area contributed by atoms with Gasteiger partial charge in [-0.2, -0.15) is 0 Å². The number of rotatable bonds is 7. The molecule has 0 aliphatic carbocycles. The molecule has 0 aliphatic heterocycles. The van der Waals surface area contributed by atoms with Gasteiger partial charge in [0.25, 0.3) is 0 Å². The number of pyridine rings is 1. The van der Waals surface area contributed by atoms with E-state index in [0.717, 1.165) is 18.4 Å². The number of nitrogens with zero attached hydrogens (tertiary/aromatic N) is 1. The van der Waals surface area contributed by atoms with E-state index in [1.54, 1.807) is 19.4 Å². The van der Waals surface area contributed by atoms with Crippen LogP contribution in [0.5, 0.6) is 5.88 Å². The molecule has 18 heavy (non-hydrogen) atoms. The van der Waals surface area contributed by atoms with Crippen LogP contribution in [0.25, 0.3) is 0 Å². The summed E-state index contributed by atoms with van der Waals surface area (Å²) in [6.07, 6.45) is 3.93. The summed E-state index contributed by atoms with van der Waals surface area (Å²) in [6.45, 7) is 2.52. The number of amides is 1. The quantitative estimate of drug-likeness (QED) is 0.764. The Morgan fingerprint density at radius 3 is 2.89 bits per heavy atom. The number of ether oxygens (including phenoxy) is 1. The lowest BCUT2D eigenvalue weighted by Gasteiger charge is -2.10. The van der Waals surface area contributed by atoms with Gasteiger partial charge in [-0.1, -0.05) is 19.4 Å².